The highest BCUT2D eigenvalue weighted by Gasteiger charge is 2.37. The summed E-state index contributed by atoms with van der Waals surface area (Å²) < 4.78 is 11.9. The number of benzene rings is 4. The molecular weight excluding hydrogens is 343 g/mol. The van der Waals surface area contributed by atoms with Gasteiger partial charge in [-0.05, 0) is 60.0 Å². The van der Waals surface area contributed by atoms with Crippen molar-refractivity contribution in [2.45, 2.75) is 38.9 Å². The third kappa shape index (κ3) is 3.19. The van der Waals surface area contributed by atoms with E-state index in [4.69, 9.17) is 9.39 Å². The van der Waals surface area contributed by atoms with Crippen LogP contribution in [0.5, 0.6) is 0 Å². The highest BCUT2D eigenvalue weighted by atomic mass is 16.5. The molecule has 0 unspecified atom stereocenters. The van der Waals surface area contributed by atoms with Gasteiger partial charge in [-0.15, -0.1) is 0 Å². The van der Waals surface area contributed by atoms with E-state index in [9.17, 15) is 0 Å². The second-order valence-electron chi connectivity index (χ2n) is 8.52. The number of ether oxygens (including phenoxy) is 1. The fraction of sp³-hybridized carbons (Fsp3) is 0.280. The smallest absolute Gasteiger partial charge is 0.309 e. The van der Waals surface area contributed by atoms with Crippen LogP contribution >= 0.6 is 0 Å². The lowest BCUT2D eigenvalue weighted by atomic mass is 9.81. The molecule has 4 aromatic rings. The van der Waals surface area contributed by atoms with Crippen molar-refractivity contribution in [2.75, 3.05) is 7.11 Å². The maximum atomic E-state index is 6.28. The van der Waals surface area contributed by atoms with Gasteiger partial charge in [0.25, 0.3) is 0 Å². The van der Waals surface area contributed by atoms with Gasteiger partial charge in [0.15, 0.2) is 0 Å². The standard InChI is InChI=1S/C25H27BO2/c1-24(2,27-5)25(3,4)28-26-19-13-10-18-12-14-21-20-9-7-6-8-17(20)11-15-22(21)23(18)16-19/h6-16,26H,1-5H3. The lowest BCUT2D eigenvalue weighted by Gasteiger charge is -2.40. The quantitative estimate of drug-likeness (QED) is 0.349. The average Bonchev–Trinajstić information content (AvgIpc) is 2.71. The van der Waals surface area contributed by atoms with Crippen LogP contribution in [-0.4, -0.2) is 25.8 Å². The van der Waals surface area contributed by atoms with E-state index in [1.54, 1.807) is 7.11 Å². The molecule has 0 aliphatic heterocycles. The molecule has 4 aromatic carbocycles. The van der Waals surface area contributed by atoms with E-state index >= 15 is 0 Å². The summed E-state index contributed by atoms with van der Waals surface area (Å²) in [5.41, 5.74) is 0.411. The fourth-order valence-electron chi connectivity index (χ4n) is 3.64. The van der Waals surface area contributed by atoms with Crippen LogP contribution in [0.2, 0.25) is 0 Å². The normalized spacial score (nSPS) is 12.8. The topological polar surface area (TPSA) is 18.5 Å². The van der Waals surface area contributed by atoms with Gasteiger partial charge in [0.1, 0.15) is 0 Å². The Labute approximate surface area is 167 Å². The van der Waals surface area contributed by atoms with Crippen molar-refractivity contribution in [3.8, 4) is 0 Å². The van der Waals surface area contributed by atoms with E-state index in [1.165, 1.54) is 37.8 Å². The first kappa shape index (κ1) is 19.0. The van der Waals surface area contributed by atoms with Crippen LogP contribution in [0.25, 0.3) is 32.3 Å². The molecule has 0 fully saturated rings. The van der Waals surface area contributed by atoms with Gasteiger partial charge in [-0.1, -0.05) is 72.2 Å². The van der Waals surface area contributed by atoms with Gasteiger partial charge in [-0.2, -0.15) is 0 Å². The van der Waals surface area contributed by atoms with Crippen LogP contribution in [0, 0.1) is 0 Å². The summed E-state index contributed by atoms with van der Waals surface area (Å²) in [4.78, 5) is 0. The Balaban J connectivity index is 1.76. The molecule has 28 heavy (non-hydrogen) atoms. The fourth-order valence-corrected chi connectivity index (χ4v) is 3.64. The van der Waals surface area contributed by atoms with Crippen molar-refractivity contribution in [3.63, 3.8) is 0 Å². The zero-order valence-electron chi connectivity index (χ0n) is 17.4. The molecule has 4 rings (SSSR count). The van der Waals surface area contributed by atoms with E-state index in [1.807, 2.05) is 0 Å². The highest BCUT2D eigenvalue weighted by Crippen LogP contribution is 2.31. The molecular formula is C25H27BO2. The summed E-state index contributed by atoms with van der Waals surface area (Å²) in [6, 6.07) is 24.1. The third-order valence-corrected chi connectivity index (χ3v) is 6.37. The zero-order chi connectivity index (χ0) is 19.9. The molecule has 142 valence electrons. The van der Waals surface area contributed by atoms with Crippen molar-refractivity contribution >= 4 is 45.3 Å². The summed E-state index contributed by atoms with van der Waals surface area (Å²) in [7, 11) is 2.29. The molecule has 0 bridgehead atoms. The molecule has 0 aliphatic carbocycles. The maximum absolute atomic E-state index is 6.28. The lowest BCUT2D eigenvalue weighted by molar-refractivity contribution is -0.114. The van der Waals surface area contributed by atoms with Crippen molar-refractivity contribution in [3.05, 3.63) is 66.7 Å². The summed E-state index contributed by atoms with van der Waals surface area (Å²) in [6.07, 6.45) is 0. The molecule has 0 aliphatic rings. The minimum atomic E-state index is -0.397. The molecule has 0 saturated carbocycles. The summed E-state index contributed by atoms with van der Waals surface area (Å²) >= 11 is 0. The number of hydrogen-bond acceptors (Lipinski definition) is 2. The van der Waals surface area contributed by atoms with E-state index in [0.717, 1.165) is 0 Å². The van der Waals surface area contributed by atoms with Gasteiger partial charge < -0.3 is 9.39 Å². The van der Waals surface area contributed by atoms with Crippen LogP contribution in [0.15, 0.2) is 66.7 Å². The molecule has 0 spiro atoms. The Morgan fingerprint density at radius 3 is 1.96 bits per heavy atom. The van der Waals surface area contributed by atoms with Crippen LogP contribution in [0.1, 0.15) is 27.7 Å². The Kier molecular flexibility index (Phi) is 4.69. The second-order valence-corrected chi connectivity index (χ2v) is 8.52. The molecule has 3 heteroatoms. The Morgan fingerprint density at radius 1 is 0.643 bits per heavy atom. The molecule has 0 atom stereocenters. The summed E-state index contributed by atoms with van der Waals surface area (Å²) in [5.74, 6) is 0. The molecule has 2 nitrogen and oxygen atoms in total. The molecule has 0 saturated heterocycles. The van der Waals surface area contributed by atoms with Crippen molar-refractivity contribution in [2.24, 2.45) is 0 Å². The van der Waals surface area contributed by atoms with E-state index < -0.39 is 5.60 Å². The Hall–Kier alpha value is -2.36. The third-order valence-electron chi connectivity index (χ3n) is 6.37. The molecule has 0 amide bonds. The first-order valence-corrected chi connectivity index (χ1v) is 9.85. The van der Waals surface area contributed by atoms with Gasteiger partial charge in [-0.3, -0.25) is 0 Å². The summed E-state index contributed by atoms with van der Waals surface area (Å²) in [6.45, 7) is 8.29. The van der Waals surface area contributed by atoms with Gasteiger partial charge in [0, 0.05) is 7.11 Å². The highest BCUT2D eigenvalue weighted by molar-refractivity contribution is 6.47. The minimum Gasteiger partial charge on any atom is -0.427 e. The van der Waals surface area contributed by atoms with E-state index in [-0.39, 0.29) is 5.60 Å². The lowest BCUT2D eigenvalue weighted by Crippen LogP contribution is -2.50. The summed E-state index contributed by atoms with van der Waals surface area (Å²) in [5, 5.41) is 7.68. The van der Waals surface area contributed by atoms with Gasteiger partial charge >= 0.3 is 7.48 Å². The monoisotopic (exact) mass is 370 g/mol. The van der Waals surface area contributed by atoms with Crippen molar-refractivity contribution < 1.29 is 9.39 Å². The van der Waals surface area contributed by atoms with E-state index in [0.29, 0.717) is 7.48 Å². The predicted molar refractivity (Wildman–Crippen MR) is 122 cm³/mol. The van der Waals surface area contributed by atoms with Crippen molar-refractivity contribution in [1.82, 2.24) is 0 Å². The first-order valence-electron chi connectivity index (χ1n) is 9.85. The molecule has 0 heterocycles. The molecule has 0 aromatic heterocycles. The van der Waals surface area contributed by atoms with Crippen molar-refractivity contribution in [1.29, 1.82) is 0 Å². The Bertz CT molecular complexity index is 1160. The SMILES string of the molecule is COC(C)(C)C(C)(C)OBc1ccc2ccc3c4ccccc4ccc3c2c1. The average molecular weight is 370 g/mol. The van der Waals surface area contributed by atoms with Gasteiger partial charge in [0.05, 0.1) is 11.2 Å². The second kappa shape index (κ2) is 6.91. The molecule has 0 radical (unpaired) electrons. The van der Waals surface area contributed by atoms with E-state index in [2.05, 4.69) is 94.4 Å². The number of hydrogen-bond donors (Lipinski definition) is 0. The van der Waals surface area contributed by atoms with Crippen LogP contribution < -0.4 is 5.46 Å². The number of methoxy groups -OCH3 is 1. The van der Waals surface area contributed by atoms with Gasteiger partial charge in [0.2, 0.25) is 0 Å². The van der Waals surface area contributed by atoms with Crippen LogP contribution in [0.3, 0.4) is 0 Å². The van der Waals surface area contributed by atoms with Crippen LogP contribution in [0.4, 0.5) is 0 Å². The minimum absolute atomic E-state index is 0.366. The van der Waals surface area contributed by atoms with Crippen LogP contribution in [-0.2, 0) is 9.39 Å². The maximum Gasteiger partial charge on any atom is 0.309 e. The zero-order valence-corrected chi connectivity index (χ0v) is 17.4. The number of fused-ring (bicyclic) bond motifs is 5. The Morgan fingerprint density at radius 2 is 1.25 bits per heavy atom. The first-order chi connectivity index (χ1) is 13.3. The molecule has 0 N–H and O–H groups in total. The van der Waals surface area contributed by atoms with Gasteiger partial charge in [-0.25, -0.2) is 0 Å². The largest absolute Gasteiger partial charge is 0.427 e. The predicted octanol–water partition coefficient (Wildman–Crippen LogP) is 5.34. The number of rotatable bonds is 5.